The fourth-order valence-electron chi connectivity index (χ4n) is 8.79. The minimum atomic E-state index is -0.968. The third-order valence-electron chi connectivity index (χ3n) is 12.3. The average Bonchev–Trinajstić information content (AvgIpc) is 3.48. The predicted octanol–water partition coefficient (Wildman–Crippen LogP) is 4.97. The minimum Gasteiger partial charge on any atom is -0.372 e. The third kappa shape index (κ3) is 8.17. The van der Waals surface area contributed by atoms with Crippen molar-refractivity contribution >= 4 is 69.7 Å². The van der Waals surface area contributed by atoms with Crippen molar-refractivity contribution in [2.75, 3.05) is 78.9 Å². The van der Waals surface area contributed by atoms with E-state index in [-0.39, 0.29) is 30.6 Å². The summed E-state index contributed by atoms with van der Waals surface area (Å²) in [5.41, 5.74) is 3.99. The number of imide groups is 2. The molecule has 1 aromatic heterocycles. The monoisotopic (exact) mass is 791 g/mol. The number of carbonyl (C=O) groups excluding carboxylic acids is 5. The van der Waals surface area contributed by atoms with E-state index in [0.717, 1.165) is 113 Å². The second-order valence-electron chi connectivity index (χ2n) is 15.6. The molecule has 0 radical (unpaired) electrons. The molecule has 4 saturated heterocycles. The molecule has 5 amide bonds. The number of hydrogen-bond donors (Lipinski definition) is 2. The first-order chi connectivity index (χ1) is 27.6. The molecule has 2 aromatic carbocycles. The van der Waals surface area contributed by atoms with Gasteiger partial charge in [0, 0.05) is 81.1 Å². The highest BCUT2D eigenvalue weighted by atomic mass is 35.5. The quantitative estimate of drug-likeness (QED) is 0.225. The number of anilines is 4. The van der Waals surface area contributed by atoms with Crippen LogP contribution in [0, 0.1) is 18.4 Å². The van der Waals surface area contributed by atoms with E-state index in [2.05, 4.69) is 40.1 Å². The number of fused-ring (bicyclic) bond motifs is 1. The Kier molecular flexibility index (Phi) is 11.1. The molecule has 5 aliphatic heterocycles. The van der Waals surface area contributed by atoms with Gasteiger partial charge in [0.2, 0.25) is 23.4 Å². The number of piperazine rings is 1. The third-order valence-corrected chi connectivity index (χ3v) is 12.6. The van der Waals surface area contributed by atoms with Gasteiger partial charge in [0.05, 0.1) is 29.6 Å². The van der Waals surface area contributed by atoms with E-state index in [1.54, 1.807) is 18.2 Å². The van der Waals surface area contributed by atoms with Crippen LogP contribution in [0.5, 0.6) is 0 Å². The van der Waals surface area contributed by atoms with Gasteiger partial charge < -0.3 is 20.0 Å². The lowest BCUT2D eigenvalue weighted by Crippen LogP contribution is -2.54. The Hall–Kier alpha value is -5.52. The number of hydrogen-bond acceptors (Lipinski definition) is 10. The zero-order valence-electron chi connectivity index (χ0n) is 31.8. The van der Waals surface area contributed by atoms with E-state index in [4.69, 9.17) is 18.2 Å². The lowest BCUT2D eigenvalue weighted by Gasteiger charge is -2.38. The Morgan fingerprint density at radius 3 is 2.12 bits per heavy atom. The summed E-state index contributed by atoms with van der Waals surface area (Å²) in [5, 5.41) is 5.71. The highest BCUT2D eigenvalue weighted by Crippen LogP contribution is 2.34. The number of aromatic nitrogens is 1. The van der Waals surface area contributed by atoms with Gasteiger partial charge in [0.15, 0.2) is 0 Å². The molecular formula is C42H46ClN9O5. The fourth-order valence-corrected chi connectivity index (χ4v) is 9.01. The first kappa shape index (κ1) is 38.4. The van der Waals surface area contributed by atoms with Crippen LogP contribution in [0.25, 0.3) is 4.85 Å². The maximum Gasteiger partial charge on any atom is 0.262 e. The first-order valence-electron chi connectivity index (χ1n) is 19.9. The molecule has 5 aliphatic rings. The number of nitrogens with zero attached hydrogens (tertiary/aromatic N) is 7. The Morgan fingerprint density at radius 2 is 1.44 bits per heavy atom. The Morgan fingerprint density at radius 1 is 0.789 bits per heavy atom. The maximum atomic E-state index is 13.3. The van der Waals surface area contributed by atoms with Crippen LogP contribution in [0.2, 0.25) is 5.02 Å². The van der Waals surface area contributed by atoms with Gasteiger partial charge in [-0.3, -0.25) is 39.1 Å². The van der Waals surface area contributed by atoms with Gasteiger partial charge in [-0.25, -0.2) is 9.83 Å². The van der Waals surface area contributed by atoms with Crippen LogP contribution >= 0.6 is 11.6 Å². The zero-order valence-corrected chi connectivity index (χ0v) is 32.5. The van der Waals surface area contributed by atoms with Crippen LogP contribution in [0.3, 0.4) is 0 Å². The number of benzene rings is 2. The Bertz CT molecular complexity index is 2100. The summed E-state index contributed by atoms with van der Waals surface area (Å²) in [6.45, 7) is 15.1. The van der Waals surface area contributed by atoms with Crippen LogP contribution < -0.4 is 25.3 Å². The van der Waals surface area contributed by atoms with E-state index in [1.807, 2.05) is 36.5 Å². The molecule has 57 heavy (non-hydrogen) atoms. The van der Waals surface area contributed by atoms with Crippen molar-refractivity contribution in [1.82, 2.24) is 20.1 Å². The molecule has 296 valence electrons. The van der Waals surface area contributed by atoms with E-state index < -0.39 is 23.8 Å². The summed E-state index contributed by atoms with van der Waals surface area (Å²) in [5.74, 6) is -0.830. The lowest BCUT2D eigenvalue weighted by molar-refractivity contribution is -0.136. The summed E-state index contributed by atoms with van der Waals surface area (Å²) in [6, 6.07) is 13.8. The van der Waals surface area contributed by atoms with Gasteiger partial charge in [0.25, 0.3) is 11.8 Å². The normalized spacial score (nSPS) is 21.1. The van der Waals surface area contributed by atoms with Crippen molar-refractivity contribution in [2.45, 2.75) is 51.0 Å². The molecular weight excluding hydrogens is 746 g/mol. The molecule has 1 atom stereocenters. The summed E-state index contributed by atoms with van der Waals surface area (Å²) in [4.78, 5) is 81.8. The van der Waals surface area contributed by atoms with Crippen molar-refractivity contribution in [3.63, 3.8) is 0 Å². The summed E-state index contributed by atoms with van der Waals surface area (Å²) >= 11 is 6.24. The molecule has 0 saturated carbocycles. The van der Waals surface area contributed by atoms with Gasteiger partial charge in [-0.1, -0.05) is 17.7 Å². The van der Waals surface area contributed by atoms with E-state index in [0.29, 0.717) is 33.6 Å². The Balaban J connectivity index is 0.743. The van der Waals surface area contributed by atoms with Gasteiger partial charge in [-0.15, -0.1) is 0 Å². The summed E-state index contributed by atoms with van der Waals surface area (Å²) < 4.78 is 0. The topological polar surface area (TPSA) is 143 Å². The average molecular weight is 792 g/mol. The number of amides is 5. The number of carbonyl (C=O) groups is 5. The molecule has 14 nitrogen and oxygen atoms in total. The van der Waals surface area contributed by atoms with E-state index >= 15 is 0 Å². The van der Waals surface area contributed by atoms with Gasteiger partial charge >= 0.3 is 0 Å². The molecule has 6 heterocycles. The van der Waals surface area contributed by atoms with Crippen LogP contribution in [0.4, 0.5) is 28.6 Å². The van der Waals surface area contributed by atoms with E-state index in [9.17, 15) is 24.0 Å². The molecule has 0 spiro atoms. The van der Waals surface area contributed by atoms with Crippen LogP contribution in [0.15, 0.2) is 54.7 Å². The molecule has 15 heteroatoms. The number of piperidine rings is 3. The van der Waals surface area contributed by atoms with Crippen molar-refractivity contribution in [1.29, 1.82) is 0 Å². The largest absolute Gasteiger partial charge is 0.372 e. The molecule has 0 bridgehead atoms. The summed E-state index contributed by atoms with van der Waals surface area (Å²) in [7, 11) is 0. The molecule has 4 fully saturated rings. The molecule has 0 aliphatic carbocycles. The summed E-state index contributed by atoms with van der Waals surface area (Å²) in [6.07, 6.45) is 6.93. The SMILES string of the molecule is [C-]#[N+]c1ccc(N2CCC(C(=O)Nc3ccc(N4CCC(CCN5CCN(c6ccc7c(c6)C(=O)N(C6CCC(=O)NC6=O)C7=O)CC5)CC4)cn3)CC2)cc1Cl. The Labute approximate surface area is 336 Å². The highest BCUT2D eigenvalue weighted by molar-refractivity contribution is 6.33. The number of nitrogens with one attached hydrogen (secondary N) is 2. The fraction of sp³-hybridized carbons (Fsp3) is 0.452. The molecule has 1 unspecified atom stereocenters. The molecule has 8 rings (SSSR count). The maximum absolute atomic E-state index is 13.3. The van der Waals surface area contributed by atoms with Gasteiger partial charge in [0.1, 0.15) is 11.9 Å². The zero-order chi connectivity index (χ0) is 39.6. The van der Waals surface area contributed by atoms with Crippen LogP contribution in [0.1, 0.15) is 65.7 Å². The minimum absolute atomic E-state index is 0.00369. The predicted molar refractivity (Wildman–Crippen MR) is 217 cm³/mol. The smallest absolute Gasteiger partial charge is 0.262 e. The highest BCUT2D eigenvalue weighted by Gasteiger charge is 2.45. The van der Waals surface area contributed by atoms with Crippen molar-refractivity contribution in [3.8, 4) is 0 Å². The van der Waals surface area contributed by atoms with Gasteiger partial charge in [-0.2, -0.15) is 0 Å². The van der Waals surface area contributed by atoms with Crippen molar-refractivity contribution < 1.29 is 24.0 Å². The number of rotatable bonds is 9. The van der Waals surface area contributed by atoms with Crippen molar-refractivity contribution in [3.05, 3.63) is 82.3 Å². The van der Waals surface area contributed by atoms with Crippen molar-refractivity contribution in [2.24, 2.45) is 11.8 Å². The van der Waals surface area contributed by atoms with Crippen LogP contribution in [-0.4, -0.2) is 109 Å². The molecule has 3 aromatic rings. The van der Waals surface area contributed by atoms with Gasteiger partial charge in [-0.05, 0) is 93.5 Å². The standard InChI is InChI=1S/C42H46ClN9O5/c1-44-35-6-3-30(25-34(35)43)49-18-13-28(14-19-49)39(54)46-37-8-4-31(26-45-37)50-16-11-27(12-17-50)10-15-48-20-22-51(23-21-48)29-2-5-32-33(24-29)42(57)52(41(32)56)36-7-9-38(53)47-40(36)55/h2-6,8,24-28,36H,7,9-23H2,(H,45,46,54)(H,47,53,55). The lowest BCUT2D eigenvalue weighted by atomic mass is 9.93. The first-order valence-corrected chi connectivity index (χ1v) is 20.3. The van der Waals surface area contributed by atoms with E-state index in [1.165, 1.54) is 0 Å². The number of halogens is 1. The number of pyridine rings is 1. The molecule has 2 N–H and O–H groups in total. The second kappa shape index (κ2) is 16.5. The van der Waals surface area contributed by atoms with Crippen LogP contribution in [-0.2, 0) is 14.4 Å². The second-order valence-corrected chi connectivity index (χ2v) is 16.0.